The van der Waals surface area contributed by atoms with Gasteiger partial charge in [0.15, 0.2) is 0 Å². The molecule has 0 saturated heterocycles. The Hall–Kier alpha value is -1.12. The number of hydrogen-bond donors (Lipinski definition) is 1. The number of nitrogens with one attached hydrogen (secondary N) is 1. The lowest BCUT2D eigenvalue weighted by atomic mass is 10.1. The number of halogens is 1. The lowest BCUT2D eigenvalue weighted by Crippen LogP contribution is -2.26. The van der Waals surface area contributed by atoms with E-state index in [0.717, 1.165) is 0 Å². The highest BCUT2D eigenvalue weighted by atomic mass is 19.1. The first kappa shape index (κ1) is 8.97. The minimum absolute atomic E-state index is 0.0825. The predicted octanol–water partition coefficient (Wildman–Crippen LogP) is 2.43. The Balaban J connectivity index is 2.77. The van der Waals surface area contributed by atoms with Gasteiger partial charge in [-0.2, -0.15) is 4.39 Å². The maximum absolute atomic E-state index is 12.6. The van der Waals surface area contributed by atoms with Gasteiger partial charge >= 0.3 is 0 Å². The monoisotopic (exact) mass is 168 g/mol. The normalized spacial score (nSPS) is 11.3. The van der Waals surface area contributed by atoms with Crippen LogP contribution in [0.15, 0.2) is 18.2 Å². The molecule has 0 aliphatic carbocycles. The second-order valence-corrected chi connectivity index (χ2v) is 3.72. The van der Waals surface area contributed by atoms with E-state index in [1.54, 1.807) is 12.1 Å². The van der Waals surface area contributed by atoms with Crippen LogP contribution in [-0.4, -0.2) is 10.5 Å². The summed E-state index contributed by atoms with van der Waals surface area (Å²) in [7, 11) is 0. The molecule has 1 aromatic rings. The van der Waals surface area contributed by atoms with Gasteiger partial charge in [0, 0.05) is 5.54 Å². The highest BCUT2D eigenvalue weighted by Crippen LogP contribution is 2.11. The molecule has 66 valence electrons. The van der Waals surface area contributed by atoms with E-state index in [4.69, 9.17) is 0 Å². The van der Waals surface area contributed by atoms with E-state index in [1.807, 2.05) is 20.8 Å². The van der Waals surface area contributed by atoms with Gasteiger partial charge in [-0.3, -0.25) is 0 Å². The third-order valence-corrected chi connectivity index (χ3v) is 1.22. The average molecular weight is 168 g/mol. The topological polar surface area (TPSA) is 24.9 Å². The molecule has 1 heterocycles. The van der Waals surface area contributed by atoms with E-state index in [0.29, 0.717) is 5.82 Å². The molecule has 2 nitrogen and oxygen atoms in total. The Morgan fingerprint density at radius 3 is 2.50 bits per heavy atom. The fourth-order valence-electron chi connectivity index (χ4n) is 0.862. The molecule has 1 rings (SSSR count). The summed E-state index contributed by atoms with van der Waals surface area (Å²) in [5.74, 6) is 0.117. The van der Waals surface area contributed by atoms with Crippen LogP contribution in [-0.2, 0) is 0 Å². The first-order chi connectivity index (χ1) is 5.47. The van der Waals surface area contributed by atoms with E-state index >= 15 is 0 Å². The summed E-state index contributed by atoms with van der Waals surface area (Å²) in [6.07, 6.45) is 0. The molecule has 0 bridgehead atoms. The molecule has 0 unspecified atom stereocenters. The third kappa shape index (κ3) is 2.86. The minimum Gasteiger partial charge on any atom is -0.365 e. The average Bonchev–Trinajstić information content (AvgIpc) is 1.82. The summed E-state index contributed by atoms with van der Waals surface area (Å²) in [4.78, 5) is 3.68. The van der Waals surface area contributed by atoms with E-state index in [-0.39, 0.29) is 5.54 Å². The SMILES string of the molecule is CC(C)(C)Nc1cccc(F)n1. The van der Waals surface area contributed by atoms with Crippen molar-refractivity contribution < 1.29 is 4.39 Å². The second-order valence-electron chi connectivity index (χ2n) is 3.72. The summed E-state index contributed by atoms with van der Waals surface area (Å²) in [6, 6.07) is 4.71. The van der Waals surface area contributed by atoms with E-state index < -0.39 is 5.95 Å². The third-order valence-electron chi connectivity index (χ3n) is 1.22. The van der Waals surface area contributed by atoms with Gasteiger partial charge in [0.05, 0.1) is 0 Å². The largest absolute Gasteiger partial charge is 0.365 e. The molecule has 0 saturated carbocycles. The molecule has 1 N–H and O–H groups in total. The predicted molar refractivity (Wildman–Crippen MR) is 47.6 cm³/mol. The molecule has 0 atom stereocenters. The fraction of sp³-hybridized carbons (Fsp3) is 0.444. The molecule has 0 amide bonds. The number of nitrogens with zero attached hydrogens (tertiary/aromatic N) is 1. The first-order valence-electron chi connectivity index (χ1n) is 3.88. The summed E-state index contributed by atoms with van der Waals surface area (Å²) in [5, 5.41) is 3.07. The van der Waals surface area contributed by atoms with Gasteiger partial charge < -0.3 is 5.32 Å². The van der Waals surface area contributed by atoms with Crippen LogP contribution >= 0.6 is 0 Å². The van der Waals surface area contributed by atoms with E-state index in [1.165, 1.54) is 6.07 Å². The summed E-state index contributed by atoms with van der Waals surface area (Å²) in [5.41, 5.74) is -0.0825. The molecule has 3 heteroatoms. The van der Waals surface area contributed by atoms with Crippen LogP contribution in [0, 0.1) is 5.95 Å². The van der Waals surface area contributed by atoms with Crippen LogP contribution in [0.25, 0.3) is 0 Å². The number of anilines is 1. The quantitative estimate of drug-likeness (QED) is 0.651. The zero-order valence-corrected chi connectivity index (χ0v) is 7.56. The molecular formula is C9H13FN2. The van der Waals surface area contributed by atoms with Gasteiger partial charge in [0.1, 0.15) is 5.82 Å². The highest BCUT2D eigenvalue weighted by Gasteiger charge is 2.09. The van der Waals surface area contributed by atoms with Gasteiger partial charge in [-0.15, -0.1) is 0 Å². The maximum Gasteiger partial charge on any atom is 0.214 e. The van der Waals surface area contributed by atoms with E-state index in [2.05, 4.69) is 10.3 Å². The number of aromatic nitrogens is 1. The van der Waals surface area contributed by atoms with Crippen LogP contribution in [0.2, 0.25) is 0 Å². The zero-order valence-electron chi connectivity index (χ0n) is 7.56. The smallest absolute Gasteiger partial charge is 0.214 e. The highest BCUT2D eigenvalue weighted by molar-refractivity contribution is 5.35. The number of pyridine rings is 1. The lowest BCUT2D eigenvalue weighted by Gasteiger charge is -2.20. The van der Waals surface area contributed by atoms with Crippen molar-refractivity contribution >= 4 is 5.82 Å². The van der Waals surface area contributed by atoms with Crippen molar-refractivity contribution in [1.29, 1.82) is 0 Å². The Bertz CT molecular complexity index is 265. The van der Waals surface area contributed by atoms with Gasteiger partial charge in [0.2, 0.25) is 5.95 Å². The van der Waals surface area contributed by atoms with Crippen molar-refractivity contribution in [3.8, 4) is 0 Å². The van der Waals surface area contributed by atoms with Gasteiger partial charge in [0.25, 0.3) is 0 Å². The Kier molecular flexibility index (Phi) is 2.31. The Morgan fingerprint density at radius 1 is 1.33 bits per heavy atom. The molecule has 0 aliphatic heterocycles. The zero-order chi connectivity index (χ0) is 9.19. The lowest BCUT2D eigenvalue weighted by molar-refractivity contribution is 0.577. The molecule has 12 heavy (non-hydrogen) atoms. The molecule has 0 radical (unpaired) electrons. The molecule has 0 spiro atoms. The van der Waals surface area contributed by atoms with Crippen LogP contribution in [0.1, 0.15) is 20.8 Å². The first-order valence-corrected chi connectivity index (χ1v) is 3.88. The van der Waals surface area contributed by atoms with Crippen LogP contribution in [0.4, 0.5) is 10.2 Å². The Labute approximate surface area is 71.8 Å². The second kappa shape index (κ2) is 3.09. The number of rotatable bonds is 1. The fourth-order valence-corrected chi connectivity index (χ4v) is 0.862. The number of hydrogen-bond acceptors (Lipinski definition) is 2. The van der Waals surface area contributed by atoms with Crippen molar-refractivity contribution in [2.75, 3.05) is 5.32 Å². The molecule has 0 aromatic carbocycles. The van der Waals surface area contributed by atoms with Crippen molar-refractivity contribution in [2.45, 2.75) is 26.3 Å². The van der Waals surface area contributed by atoms with Crippen molar-refractivity contribution in [3.05, 3.63) is 24.1 Å². The van der Waals surface area contributed by atoms with Gasteiger partial charge in [-0.1, -0.05) is 6.07 Å². The van der Waals surface area contributed by atoms with Crippen molar-refractivity contribution in [2.24, 2.45) is 0 Å². The molecular weight excluding hydrogens is 155 g/mol. The maximum atomic E-state index is 12.6. The minimum atomic E-state index is -0.454. The molecule has 1 aromatic heterocycles. The summed E-state index contributed by atoms with van der Waals surface area (Å²) < 4.78 is 12.6. The van der Waals surface area contributed by atoms with Crippen LogP contribution < -0.4 is 5.32 Å². The van der Waals surface area contributed by atoms with E-state index in [9.17, 15) is 4.39 Å². The Morgan fingerprint density at radius 2 is 2.00 bits per heavy atom. The van der Waals surface area contributed by atoms with Crippen LogP contribution in [0.5, 0.6) is 0 Å². The van der Waals surface area contributed by atoms with Crippen LogP contribution in [0.3, 0.4) is 0 Å². The van der Waals surface area contributed by atoms with Crippen molar-refractivity contribution in [3.63, 3.8) is 0 Å². The van der Waals surface area contributed by atoms with Crippen molar-refractivity contribution in [1.82, 2.24) is 4.98 Å². The molecule has 0 aliphatic rings. The molecule has 0 fully saturated rings. The summed E-state index contributed by atoms with van der Waals surface area (Å²) >= 11 is 0. The summed E-state index contributed by atoms with van der Waals surface area (Å²) in [6.45, 7) is 6.00. The van der Waals surface area contributed by atoms with Gasteiger partial charge in [-0.25, -0.2) is 4.98 Å². The standard InChI is InChI=1S/C9H13FN2/c1-9(2,3)12-8-6-4-5-7(10)11-8/h4-6H,1-3H3,(H,11,12). The van der Waals surface area contributed by atoms with Gasteiger partial charge in [-0.05, 0) is 32.9 Å².